The zero-order chi connectivity index (χ0) is 10.6. The van der Waals surface area contributed by atoms with Gasteiger partial charge in [0.1, 0.15) is 11.8 Å². The van der Waals surface area contributed by atoms with Gasteiger partial charge >= 0.3 is 6.18 Å². The van der Waals surface area contributed by atoms with E-state index in [9.17, 15) is 18.0 Å². The molecule has 0 atom stereocenters. The Kier molecular flexibility index (Phi) is 3.13. The van der Waals surface area contributed by atoms with E-state index in [0.29, 0.717) is 18.3 Å². The van der Waals surface area contributed by atoms with Gasteiger partial charge in [0.15, 0.2) is 0 Å². The molecule has 14 heavy (non-hydrogen) atoms. The normalized spacial score (nSPS) is 10.8. The number of aldehydes is 1. The van der Waals surface area contributed by atoms with Crippen molar-refractivity contribution >= 4 is 6.29 Å². The van der Waals surface area contributed by atoms with Crippen molar-refractivity contribution in [2.45, 2.75) is 19.0 Å². The van der Waals surface area contributed by atoms with E-state index in [1.165, 1.54) is 6.07 Å². The van der Waals surface area contributed by atoms with Gasteiger partial charge in [0.25, 0.3) is 0 Å². The summed E-state index contributed by atoms with van der Waals surface area (Å²) in [6.07, 6.45) is -3.20. The van der Waals surface area contributed by atoms with E-state index < -0.39 is 11.7 Å². The van der Waals surface area contributed by atoms with Gasteiger partial charge in [-0.25, -0.2) is 0 Å². The van der Waals surface area contributed by atoms with E-state index in [1.54, 1.807) is 0 Å². The number of carbonyl (C=O) groups is 1. The quantitative estimate of drug-likeness (QED) is 0.685. The lowest BCUT2D eigenvalue weighted by Gasteiger charge is -2.04. The van der Waals surface area contributed by atoms with Crippen molar-refractivity contribution in [1.29, 1.82) is 0 Å². The summed E-state index contributed by atoms with van der Waals surface area (Å²) in [4.78, 5) is 10.0. The molecule has 0 radical (unpaired) electrons. The van der Waals surface area contributed by atoms with Gasteiger partial charge in [-0.3, -0.25) is 0 Å². The Morgan fingerprint density at radius 3 is 2.71 bits per heavy atom. The second kappa shape index (κ2) is 4.14. The summed E-state index contributed by atoms with van der Waals surface area (Å²) >= 11 is 0. The van der Waals surface area contributed by atoms with Gasteiger partial charge in [0.2, 0.25) is 0 Å². The predicted molar refractivity (Wildman–Crippen MR) is 43.5 cm³/mol. The fourth-order valence-corrected chi connectivity index (χ4v) is 0.992. The minimum atomic E-state index is -4.40. The standard InChI is InChI=1S/C10H7F3O/c11-10(12,13)9-5-1-3-8(7-9)4-2-6-14/h3,6-7H,2,4H2. The van der Waals surface area contributed by atoms with Crippen LogP contribution in [0.4, 0.5) is 13.2 Å². The maximum atomic E-state index is 12.2. The van der Waals surface area contributed by atoms with Crippen LogP contribution in [0.15, 0.2) is 12.1 Å². The van der Waals surface area contributed by atoms with Crippen molar-refractivity contribution in [2.75, 3.05) is 0 Å². The molecule has 0 aliphatic rings. The first-order valence-electron chi connectivity index (χ1n) is 3.97. The summed E-state index contributed by atoms with van der Waals surface area (Å²) in [5.41, 5.74) is -0.399. The molecule has 0 saturated heterocycles. The number of hydrogen-bond acceptors (Lipinski definition) is 1. The number of alkyl halides is 3. The Morgan fingerprint density at radius 1 is 1.43 bits per heavy atom. The predicted octanol–water partition coefficient (Wildman–Crippen LogP) is 2.44. The molecule has 1 rings (SSSR count). The molecule has 0 aliphatic carbocycles. The fourth-order valence-electron chi connectivity index (χ4n) is 0.992. The van der Waals surface area contributed by atoms with E-state index in [0.717, 1.165) is 6.07 Å². The molecule has 1 aromatic rings. The maximum Gasteiger partial charge on any atom is 0.424 e. The minimum absolute atomic E-state index is 0.217. The molecular weight excluding hydrogens is 193 g/mol. The SMILES string of the molecule is O=CCCc1cc#cc(C(F)(F)F)c1. The first-order chi connectivity index (χ1) is 6.54. The average Bonchev–Trinajstić information content (AvgIpc) is 2.14. The molecule has 1 nitrogen and oxygen atoms in total. The number of aryl methyl sites for hydroxylation is 1. The molecule has 1 aromatic carbocycles. The van der Waals surface area contributed by atoms with Gasteiger partial charge in [-0.15, -0.1) is 0 Å². The van der Waals surface area contributed by atoms with Gasteiger partial charge in [0.05, 0.1) is 0 Å². The summed E-state index contributed by atoms with van der Waals surface area (Å²) < 4.78 is 36.5. The number of hydrogen-bond donors (Lipinski definition) is 0. The Morgan fingerprint density at radius 2 is 2.14 bits per heavy atom. The van der Waals surface area contributed by atoms with Gasteiger partial charge in [-0.2, -0.15) is 13.2 Å². The Bertz CT molecular complexity index is 317. The van der Waals surface area contributed by atoms with Crippen molar-refractivity contribution in [2.24, 2.45) is 0 Å². The van der Waals surface area contributed by atoms with Crippen LogP contribution < -0.4 is 0 Å². The fraction of sp³-hybridized carbons (Fsp3) is 0.300. The molecular formula is C10H7F3O. The van der Waals surface area contributed by atoms with Gasteiger partial charge in [-0.1, -0.05) is 12.1 Å². The molecule has 74 valence electrons. The zero-order valence-electron chi connectivity index (χ0n) is 7.19. The van der Waals surface area contributed by atoms with Crippen molar-refractivity contribution < 1.29 is 18.0 Å². The van der Waals surface area contributed by atoms with E-state index in [1.807, 2.05) is 6.07 Å². The van der Waals surface area contributed by atoms with E-state index in [4.69, 9.17) is 0 Å². The van der Waals surface area contributed by atoms with Crippen LogP contribution in [0.2, 0.25) is 0 Å². The molecule has 0 heterocycles. The van der Waals surface area contributed by atoms with E-state index in [2.05, 4.69) is 6.07 Å². The molecule has 0 spiro atoms. The van der Waals surface area contributed by atoms with Gasteiger partial charge in [-0.05, 0) is 24.1 Å². The van der Waals surface area contributed by atoms with Crippen LogP contribution >= 0.6 is 0 Å². The summed E-state index contributed by atoms with van der Waals surface area (Å²) in [7, 11) is 0. The highest BCUT2D eigenvalue weighted by Crippen LogP contribution is 2.28. The average molecular weight is 200 g/mol. The highest BCUT2D eigenvalue weighted by Gasteiger charge is 2.30. The van der Waals surface area contributed by atoms with Crippen molar-refractivity contribution in [3.63, 3.8) is 0 Å². The zero-order valence-corrected chi connectivity index (χ0v) is 7.19. The first-order valence-corrected chi connectivity index (χ1v) is 3.97. The molecule has 4 heteroatoms. The largest absolute Gasteiger partial charge is 0.424 e. The first kappa shape index (κ1) is 10.6. The molecule has 0 saturated carbocycles. The van der Waals surface area contributed by atoms with Crippen molar-refractivity contribution in [1.82, 2.24) is 0 Å². The number of carbonyl (C=O) groups excluding carboxylic acids is 1. The number of rotatable bonds is 3. The summed E-state index contributed by atoms with van der Waals surface area (Å²) in [6, 6.07) is 6.66. The van der Waals surface area contributed by atoms with E-state index >= 15 is 0 Å². The molecule has 0 fully saturated rings. The minimum Gasteiger partial charge on any atom is -0.303 e. The molecule has 0 bridgehead atoms. The van der Waals surface area contributed by atoms with Crippen molar-refractivity contribution in [3.8, 4) is 0 Å². The van der Waals surface area contributed by atoms with E-state index in [-0.39, 0.29) is 6.42 Å². The lowest BCUT2D eigenvalue weighted by molar-refractivity contribution is -0.137. The van der Waals surface area contributed by atoms with Crippen LogP contribution in [0.5, 0.6) is 0 Å². The van der Waals surface area contributed by atoms with Crippen LogP contribution in [0, 0.1) is 12.1 Å². The highest BCUT2D eigenvalue weighted by atomic mass is 19.4. The topological polar surface area (TPSA) is 17.1 Å². The summed E-state index contributed by atoms with van der Waals surface area (Å²) in [5.74, 6) is 0. The third kappa shape index (κ3) is 2.77. The van der Waals surface area contributed by atoms with Crippen LogP contribution in [0.25, 0.3) is 0 Å². The van der Waals surface area contributed by atoms with Gasteiger partial charge < -0.3 is 4.79 Å². The summed E-state index contributed by atoms with van der Waals surface area (Å²) in [5, 5.41) is 0. The Balaban J connectivity index is 2.84. The van der Waals surface area contributed by atoms with Crippen LogP contribution in [-0.2, 0) is 17.4 Å². The third-order valence-corrected chi connectivity index (χ3v) is 1.65. The monoisotopic (exact) mass is 200 g/mol. The van der Waals surface area contributed by atoms with Gasteiger partial charge in [0, 0.05) is 6.42 Å². The molecule has 0 N–H and O–H groups in total. The summed E-state index contributed by atoms with van der Waals surface area (Å²) in [6.45, 7) is 0. The third-order valence-electron chi connectivity index (χ3n) is 1.65. The molecule has 0 aromatic heterocycles. The smallest absolute Gasteiger partial charge is 0.303 e. The van der Waals surface area contributed by atoms with Crippen LogP contribution in [0.1, 0.15) is 17.5 Å². The lowest BCUT2D eigenvalue weighted by atomic mass is 10.1. The van der Waals surface area contributed by atoms with Crippen molar-refractivity contribution in [3.05, 3.63) is 35.4 Å². The van der Waals surface area contributed by atoms with Crippen LogP contribution in [0.3, 0.4) is 0 Å². The van der Waals surface area contributed by atoms with Crippen LogP contribution in [-0.4, -0.2) is 6.29 Å². The molecule has 0 unspecified atom stereocenters. The molecule has 0 amide bonds. The highest BCUT2D eigenvalue weighted by molar-refractivity contribution is 5.50. The maximum absolute atomic E-state index is 12.2. The number of halogens is 3. The lowest BCUT2D eigenvalue weighted by Crippen LogP contribution is -2.04. The molecule has 0 aliphatic heterocycles. The Labute approximate surface area is 79.5 Å². The second-order valence-corrected chi connectivity index (χ2v) is 2.75. The second-order valence-electron chi connectivity index (χ2n) is 2.75. The Hall–Kier alpha value is -1.50.